The fourth-order valence-electron chi connectivity index (χ4n) is 1.74. The quantitative estimate of drug-likeness (QED) is 0.704. The zero-order valence-corrected chi connectivity index (χ0v) is 8.94. The number of aromatic amines is 1. The van der Waals surface area contributed by atoms with Crippen LogP contribution in [-0.2, 0) is 0 Å². The molecule has 0 amide bonds. The maximum atomic E-state index is 13.2. The molecule has 3 aromatic rings. The van der Waals surface area contributed by atoms with Crippen LogP contribution in [0.25, 0.3) is 10.9 Å². The van der Waals surface area contributed by atoms with Crippen LogP contribution in [0.1, 0.15) is 0 Å². The average Bonchev–Trinajstić information content (AvgIpc) is 2.73. The van der Waals surface area contributed by atoms with Crippen LogP contribution in [0.15, 0.2) is 48.5 Å². The van der Waals surface area contributed by atoms with Crippen molar-refractivity contribution in [2.45, 2.75) is 0 Å². The summed E-state index contributed by atoms with van der Waals surface area (Å²) in [6, 6.07) is 14.2. The summed E-state index contributed by atoms with van der Waals surface area (Å²) in [5.41, 5.74) is 1.73. The first-order chi connectivity index (χ1) is 8.33. The Kier molecular flexibility index (Phi) is 2.26. The first kappa shape index (κ1) is 9.84. The Morgan fingerprint density at radius 2 is 1.88 bits per heavy atom. The Bertz CT molecular complexity index is 646. The van der Waals surface area contributed by atoms with E-state index in [-0.39, 0.29) is 5.82 Å². The molecule has 0 fully saturated rings. The van der Waals surface area contributed by atoms with E-state index in [2.05, 4.69) is 15.5 Å². The summed E-state index contributed by atoms with van der Waals surface area (Å²) in [6.07, 6.45) is 0. The lowest BCUT2D eigenvalue weighted by atomic mass is 10.2. The normalized spacial score (nSPS) is 10.6. The summed E-state index contributed by atoms with van der Waals surface area (Å²) in [4.78, 5) is 0. The number of rotatable bonds is 2. The SMILES string of the molecule is Fc1ccc2[nH]nc(Nc3ccccc3)c2c1. The molecule has 2 aromatic carbocycles. The van der Waals surface area contributed by atoms with Gasteiger partial charge in [-0.2, -0.15) is 5.10 Å². The van der Waals surface area contributed by atoms with Crippen LogP contribution in [-0.4, -0.2) is 10.2 Å². The molecule has 84 valence electrons. The molecular formula is C13H10FN3. The van der Waals surface area contributed by atoms with Crippen molar-refractivity contribution in [2.75, 3.05) is 5.32 Å². The maximum Gasteiger partial charge on any atom is 0.160 e. The molecule has 17 heavy (non-hydrogen) atoms. The smallest absolute Gasteiger partial charge is 0.160 e. The predicted octanol–water partition coefficient (Wildman–Crippen LogP) is 3.45. The van der Waals surface area contributed by atoms with E-state index in [1.54, 1.807) is 6.07 Å². The van der Waals surface area contributed by atoms with E-state index in [1.807, 2.05) is 30.3 Å². The van der Waals surface area contributed by atoms with Crippen LogP contribution in [0, 0.1) is 5.82 Å². The van der Waals surface area contributed by atoms with Crippen LogP contribution < -0.4 is 5.32 Å². The Hall–Kier alpha value is -2.36. The lowest BCUT2D eigenvalue weighted by Crippen LogP contribution is -1.90. The van der Waals surface area contributed by atoms with Gasteiger partial charge in [-0.3, -0.25) is 5.10 Å². The fourth-order valence-corrected chi connectivity index (χ4v) is 1.74. The topological polar surface area (TPSA) is 40.7 Å². The Labute approximate surface area is 97.3 Å². The van der Waals surface area contributed by atoms with Gasteiger partial charge in [0, 0.05) is 11.1 Å². The minimum absolute atomic E-state index is 0.269. The van der Waals surface area contributed by atoms with E-state index in [9.17, 15) is 4.39 Å². The second kappa shape index (κ2) is 3.90. The second-order valence-electron chi connectivity index (χ2n) is 3.75. The van der Waals surface area contributed by atoms with E-state index in [0.717, 1.165) is 16.6 Å². The number of benzene rings is 2. The van der Waals surface area contributed by atoms with Gasteiger partial charge in [0.25, 0.3) is 0 Å². The monoisotopic (exact) mass is 227 g/mol. The van der Waals surface area contributed by atoms with Crippen molar-refractivity contribution >= 4 is 22.4 Å². The van der Waals surface area contributed by atoms with Gasteiger partial charge in [0.1, 0.15) is 5.82 Å². The van der Waals surface area contributed by atoms with Crippen molar-refractivity contribution in [3.05, 3.63) is 54.3 Å². The number of hydrogen-bond acceptors (Lipinski definition) is 2. The number of nitrogens with one attached hydrogen (secondary N) is 2. The van der Waals surface area contributed by atoms with Crippen molar-refractivity contribution in [3.8, 4) is 0 Å². The standard InChI is InChI=1S/C13H10FN3/c14-9-6-7-12-11(8-9)13(17-16-12)15-10-4-2-1-3-5-10/h1-8H,(H2,15,16,17). The third-order valence-corrected chi connectivity index (χ3v) is 2.56. The molecular weight excluding hydrogens is 217 g/mol. The number of hydrogen-bond donors (Lipinski definition) is 2. The highest BCUT2D eigenvalue weighted by Crippen LogP contribution is 2.24. The highest BCUT2D eigenvalue weighted by molar-refractivity contribution is 5.91. The zero-order chi connectivity index (χ0) is 11.7. The molecule has 0 spiro atoms. The molecule has 3 nitrogen and oxygen atoms in total. The number of anilines is 2. The van der Waals surface area contributed by atoms with Gasteiger partial charge in [-0.25, -0.2) is 4.39 Å². The van der Waals surface area contributed by atoms with Crippen LogP contribution in [0.5, 0.6) is 0 Å². The van der Waals surface area contributed by atoms with Crippen LogP contribution >= 0.6 is 0 Å². The van der Waals surface area contributed by atoms with Gasteiger partial charge >= 0.3 is 0 Å². The van der Waals surface area contributed by atoms with Gasteiger partial charge in [0.15, 0.2) is 5.82 Å². The molecule has 0 saturated heterocycles. The number of fused-ring (bicyclic) bond motifs is 1. The third kappa shape index (κ3) is 1.85. The van der Waals surface area contributed by atoms with Gasteiger partial charge in [-0.15, -0.1) is 0 Å². The van der Waals surface area contributed by atoms with Gasteiger partial charge in [0.05, 0.1) is 5.52 Å². The lowest BCUT2D eigenvalue weighted by molar-refractivity contribution is 0.630. The molecule has 0 atom stereocenters. The molecule has 2 N–H and O–H groups in total. The fraction of sp³-hybridized carbons (Fsp3) is 0. The first-order valence-corrected chi connectivity index (χ1v) is 5.28. The molecule has 0 saturated carbocycles. The Balaban J connectivity index is 2.03. The second-order valence-corrected chi connectivity index (χ2v) is 3.75. The molecule has 0 radical (unpaired) electrons. The number of nitrogens with zero attached hydrogens (tertiary/aromatic N) is 1. The summed E-state index contributed by atoms with van der Waals surface area (Å²) in [6.45, 7) is 0. The van der Waals surface area contributed by atoms with Crippen LogP contribution in [0.3, 0.4) is 0 Å². The summed E-state index contributed by atoms with van der Waals surface area (Å²) >= 11 is 0. The van der Waals surface area contributed by atoms with Gasteiger partial charge in [0.2, 0.25) is 0 Å². The molecule has 3 rings (SSSR count). The highest BCUT2D eigenvalue weighted by Gasteiger charge is 2.06. The lowest BCUT2D eigenvalue weighted by Gasteiger charge is -2.02. The zero-order valence-electron chi connectivity index (χ0n) is 8.94. The van der Waals surface area contributed by atoms with E-state index >= 15 is 0 Å². The number of halogens is 1. The van der Waals surface area contributed by atoms with Gasteiger partial charge < -0.3 is 5.32 Å². The number of para-hydroxylation sites is 1. The molecule has 0 aliphatic rings. The summed E-state index contributed by atoms with van der Waals surface area (Å²) in [5.74, 6) is 0.362. The molecule has 4 heteroatoms. The minimum Gasteiger partial charge on any atom is -0.338 e. The third-order valence-electron chi connectivity index (χ3n) is 2.56. The molecule has 0 aliphatic carbocycles. The van der Waals surface area contributed by atoms with Gasteiger partial charge in [-0.05, 0) is 30.3 Å². The molecule has 0 bridgehead atoms. The Morgan fingerprint density at radius 3 is 2.71 bits per heavy atom. The van der Waals surface area contributed by atoms with Crippen molar-refractivity contribution in [3.63, 3.8) is 0 Å². The van der Waals surface area contributed by atoms with Crippen LogP contribution in [0.2, 0.25) is 0 Å². The average molecular weight is 227 g/mol. The number of H-pyrrole nitrogens is 1. The molecule has 0 aliphatic heterocycles. The molecule has 1 heterocycles. The largest absolute Gasteiger partial charge is 0.338 e. The molecule has 1 aromatic heterocycles. The van der Waals surface area contributed by atoms with Gasteiger partial charge in [-0.1, -0.05) is 18.2 Å². The van der Waals surface area contributed by atoms with E-state index < -0.39 is 0 Å². The van der Waals surface area contributed by atoms with Crippen LogP contribution in [0.4, 0.5) is 15.9 Å². The predicted molar refractivity (Wildman–Crippen MR) is 65.8 cm³/mol. The first-order valence-electron chi connectivity index (χ1n) is 5.28. The van der Waals surface area contributed by atoms with Crippen molar-refractivity contribution in [1.29, 1.82) is 0 Å². The van der Waals surface area contributed by atoms with Crippen molar-refractivity contribution < 1.29 is 4.39 Å². The van der Waals surface area contributed by atoms with E-state index in [0.29, 0.717) is 5.82 Å². The number of aromatic nitrogens is 2. The summed E-state index contributed by atoms with van der Waals surface area (Å²) < 4.78 is 13.2. The summed E-state index contributed by atoms with van der Waals surface area (Å²) in [5, 5.41) is 10.9. The highest BCUT2D eigenvalue weighted by atomic mass is 19.1. The maximum absolute atomic E-state index is 13.2. The minimum atomic E-state index is -0.269. The Morgan fingerprint density at radius 1 is 1.06 bits per heavy atom. The van der Waals surface area contributed by atoms with Crippen molar-refractivity contribution in [1.82, 2.24) is 10.2 Å². The molecule has 0 unspecified atom stereocenters. The van der Waals surface area contributed by atoms with E-state index in [1.165, 1.54) is 12.1 Å². The summed E-state index contributed by atoms with van der Waals surface area (Å²) in [7, 11) is 0. The van der Waals surface area contributed by atoms with Crippen molar-refractivity contribution in [2.24, 2.45) is 0 Å². The van der Waals surface area contributed by atoms with E-state index in [4.69, 9.17) is 0 Å².